The van der Waals surface area contributed by atoms with E-state index in [0.29, 0.717) is 28.7 Å². The molecular formula is C24H28O6. The van der Waals surface area contributed by atoms with E-state index >= 15 is 0 Å². The monoisotopic (exact) mass is 412 g/mol. The summed E-state index contributed by atoms with van der Waals surface area (Å²) in [6, 6.07) is 0. The first-order valence-electron chi connectivity index (χ1n) is 10.1. The second kappa shape index (κ2) is 7.74. The Bertz CT molecular complexity index is 991. The van der Waals surface area contributed by atoms with Crippen LogP contribution in [0.5, 0.6) is 0 Å². The molecule has 6 nitrogen and oxygen atoms in total. The average molecular weight is 412 g/mol. The van der Waals surface area contributed by atoms with Crippen molar-refractivity contribution in [2.45, 2.75) is 60.2 Å². The van der Waals surface area contributed by atoms with E-state index < -0.39 is 29.6 Å². The van der Waals surface area contributed by atoms with Crippen LogP contribution in [0.3, 0.4) is 0 Å². The highest BCUT2D eigenvalue weighted by atomic mass is 16.6. The fourth-order valence-electron chi connectivity index (χ4n) is 4.27. The summed E-state index contributed by atoms with van der Waals surface area (Å²) in [7, 11) is 0. The van der Waals surface area contributed by atoms with Gasteiger partial charge in [0.05, 0.1) is 6.26 Å². The molecule has 0 saturated heterocycles. The van der Waals surface area contributed by atoms with E-state index in [0.717, 1.165) is 5.56 Å². The largest absolute Gasteiger partial charge is 0.460 e. The van der Waals surface area contributed by atoms with E-state index in [-0.39, 0.29) is 17.5 Å². The van der Waals surface area contributed by atoms with Crippen molar-refractivity contribution in [2.75, 3.05) is 0 Å². The van der Waals surface area contributed by atoms with E-state index in [9.17, 15) is 14.4 Å². The molecule has 2 aliphatic carbocycles. The molecule has 0 bridgehead atoms. The van der Waals surface area contributed by atoms with Crippen LogP contribution in [-0.4, -0.2) is 23.8 Å². The highest BCUT2D eigenvalue weighted by molar-refractivity contribution is 6.10. The molecule has 160 valence electrons. The molecule has 0 aliphatic heterocycles. The molecule has 0 fully saturated rings. The third kappa shape index (κ3) is 3.24. The molecule has 6 heteroatoms. The topological polar surface area (TPSA) is 82.8 Å². The number of esters is 2. The summed E-state index contributed by atoms with van der Waals surface area (Å²) in [4.78, 5) is 38.1. The summed E-state index contributed by atoms with van der Waals surface area (Å²) < 4.78 is 17.2. The number of carbonyl (C=O) groups excluding carboxylic acids is 3. The Morgan fingerprint density at radius 1 is 1.27 bits per heavy atom. The third-order valence-electron chi connectivity index (χ3n) is 6.51. The van der Waals surface area contributed by atoms with Crippen LogP contribution in [0.4, 0.5) is 0 Å². The van der Waals surface area contributed by atoms with Gasteiger partial charge in [-0.05, 0) is 33.3 Å². The summed E-state index contributed by atoms with van der Waals surface area (Å²) in [5.74, 6) is -1.25. The number of ether oxygens (including phenoxy) is 2. The first-order chi connectivity index (χ1) is 14.0. The smallest absolute Gasteiger partial charge is 0.334 e. The highest BCUT2D eigenvalue weighted by Gasteiger charge is 2.58. The molecule has 2 aliphatic rings. The first-order valence-corrected chi connectivity index (χ1v) is 10.1. The third-order valence-corrected chi connectivity index (χ3v) is 6.51. The van der Waals surface area contributed by atoms with E-state index in [1.165, 1.54) is 6.26 Å². The lowest BCUT2D eigenvalue weighted by molar-refractivity contribution is -0.162. The van der Waals surface area contributed by atoms with Gasteiger partial charge in [0.25, 0.3) is 0 Å². The second-order valence-electron chi connectivity index (χ2n) is 8.40. The molecule has 1 aromatic rings. The molecule has 0 aromatic carbocycles. The number of rotatable bonds is 4. The Morgan fingerprint density at radius 3 is 2.53 bits per heavy atom. The Kier molecular flexibility index (Phi) is 5.63. The summed E-state index contributed by atoms with van der Waals surface area (Å²) in [6.45, 7) is 14.3. The number of carbonyl (C=O) groups is 3. The average Bonchev–Trinajstić information content (AvgIpc) is 3.09. The van der Waals surface area contributed by atoms with Gasteiger partial charge in [-0.25, -0.2) is 9.59 Å². The van der Waals surface area contributed by atoms with Crippen LogP contribution in [0, 0.1) is 18.3 Å². The number of ketones is 1. The van der Waals surface area contributed by atoms with Gasteiger partial charge in [0.15, 0.2) is 5.76 Å². The number of furan rings is 1. The van der Waals surface area contributed by atoms with Gasteiger partial charge in [-0.3, -0.25) is 4.79 Å². The van der Waals surface area contributed by atoms with Crippen molar-refractivity contribution in [3.8, 4) is 0 Å². The number of hydrogen-bond acceptors (Lipinski definition) is 6. The van der Waals surface area contributed by atoms with Crippen LogP contribution >= 0.6 is 0 Å². The summed E-state index contributed by atoms with van der Waals surface area (Å²) in [5.41, 5.74) is 1.73. The molecule has 1 aromatic heterocycles. The molecule has 1 heterocycles. The highest BCUT2D eigenvalue weighted by Crippen LogP contribution is 2.58. The Morgan fingerprint density at radius 2 is 1.93 bits per heavy atom. The zero-order chi connectivity index (χ0) is 22.4. The van der Waals surface area contributed by atoms with Gasteiger partial charge >= 0.3 is 11.9 Å². The number of fused-ring (bicyclic) bond motifs is 2. The maximum absolute atomic E-state index is 13.2. The number of aryl methyl sites for hydroxylation is 1. The van der Waals surface area contributed by atoms with Crippen molar-refractivity contribution in [2.24, 2.45) is 11.3 Å². The van der Waals surface area contributed by atoms with Crippen LogP contribution in [0.2, 0.25) is 0 Å². The minimum atomic E-state index is -0.888. The molecule has 4 atom stereocenters. The van der Waals surface area contributed by atoms with Gasteiger partial charge < -0.3 is 13.9 Å². The van der Waals surface area contributed by atoms with Gasteiger partial charge in [0.1, 0.15) is 12.2 Å². The second-order valence-corrected chi connectivity index (χ2v) is 8.40. The predicted molar refractivity (Wildman–Crippen MR) is 111 cm³/mol. The van der Waals surface area contributed by atoms with Crippen LogP contribution in [0.25, 0.3) is 0 Å². The summed E-state index contributed by atoms with van der Waals surface area (Å²) in [5, 5.41) is 0. The quantitative estimate of drug-likeness (QED) is 0.522. The molecule has 30 heavy (non-hydrogen) atoms. The zero-order valence-electron chi connectivity index (χ0n) is 18.3. The maximum atomic E-state index is 13.2. The standard InChI is InChI=1S/C24H28O6/c1-8-13(4)23(27)30-21-18-14(5)11-28-20(18)19(25)16-9-10-17(15(6)24(16,21)7)29-22(26)12(2)3/h8-9,11,15,17,21H,2,10H2,1,3-7H3/t15-,17-,21+,24+/m0/s1. The van der Waals surface area contributed by atoms with Crippen LogP contribution in [-0.2, 0) is 19.1 Å². The van der Waals surface area contributed by atoms with Gasteiger partial charge in [-0.2, -0.15) is 0 Å². The molecule has 0 N–H and O–H groups in total. The number of Topliss-reactive ketones (excluding diaryl/α,β-unsaturated/α-hetero) is 1. The molecule has 0 unspecified atom stereocenters. The Labute approximate surface area is 176 Å². The SMILES string of the molecule is C=C(C)C(=O)O[C@H]1CC=C2C(=O)c3occ(C)c3[C@@H](OC(=O)C(C)=CC)[C@]2(C)[C@H]1C. The van der Waals surface area contributed by atoms with Crippen molar-refractivity contribution in [3.05, 3.63) is 58.6 Å². The van der Waals surface area contributed by atoms with Crippen LogP contribution in [0.1, 0.15) is 68.8 Å². The molecule has 0 radical (unpaired) electrons. The van der Waals surface area contributed by atoms with Crippen molar-refractivity contribution in [3.63, 3.8) is 0 Å². The zero-order valence-corrected chi connectivity index (χ0v) is 18.3. The number of hydrogen-bond donors (Lipinski definition) is 0. The lowest BCUT2D eigenvalue weighted by Crippen LogP contribution is -2.50. The van der Waals surface area contributed by atoms with Crippen LogP contribution in [0.15, 0.2) is 46.1 Å². The minimum Gasteiger partial charge on any atom is -0.460 e. The van der Waals surface area contributed by atoms with Crippen molar-refractivity contribution in [1.82, 2.24) is 0 Å². The predicted octanol–water partition coefficient (Wildman–Crippen LogP) is 4.80. The van der Waals surface area contributed by atoms with E-state index in [1.807, 2.05) is 20.8 Å². The van der Waals surface area contributed by atoms with E-state index in [4.69, 9.17) is 13.9 Å². The minimum absolute atomic E-state index is 0.205. The Hall–Kier alpha value is -2.89. The first kappa shape index (κ1) is 21.8. The van der Waals surface area contributed by atoms with Gasteiger partial charge in [0, 0.05) is 40.0 Å². The molecule has 3 rings (SSSR count). The summed E-state index contributed by atoms with van der Waals surface area (Å²) >= 11 is 0. The lowest BCUT2D eigenvalue weighted by Gasteiger charge is -2.49. The maximum Gasteiger partial charge on any atom is 0.334 e. The van der Waals surface area contributed by atoms with Crippen molar-refractivity contribution < 1.29 is 28.3 Å². The van der Waals surface area contributed by atoms with Gasteiger partial charge in [-0.15, -0.1) is 0 Å². The molecule has 0 saturated carbocycles. The fraction of sp³-hybridized carbons (Fsp3) is 0.458. The lowest BCUT2D eigenvalue weighted by atomic mass is 9.57. The van der Waals surface area contributed by atoms with E-state index in [1.54, 1.807) is 32.9 Å². The molecular weight excluding hydrogens is 384 g/mol. The van der Waals surface area contributed by atoms with Crippen molar-refractivity contribution >= 4 is 17.7 Å². The molecule has 0 amide bonds. The molecule has 0 spiro atoms. The Balaban J connectivity index is 2.12. The normalized spacial score (nSPS) is 28.2. The van der Waals surface area contributed by atoms with Crippen LogP contribution < -0.4 is 0 Å². The van der Waals surface area contributed by atoms with E-state index in [2.05, 4.69) is 6.58 Å². The van der Waals surface area contributed by atoms with Gasteiger partial charge in [-0.1, -0.05) is 32.6 Å². The fourth-order valence-corrected chi connectivity index (χ4v) is 4.27. The number of allylic oxidation sites excluding steroid dienone is 1. The summed E-state index contributed by atoms with van der Waals surface area (Å²) in [6.07, 6.45) is 4.13. The van der Waals surface area contributed by atoms with Crippen molar-refractivity contribution in [1.29, 1.82) is 0 Å². The van der Waals surface area contributed by atoms with Gasteiger partial charge in [0.2, 0.25) is 5.78 Å².